The number of benzene rings is 1. The average molecular weight is 313 g/mol. The molecule has 1 fully saturated rings. The number of carbonyl (C=O) groups excluding carboxylic acids is 1. The lowest BCUT2D eigenvalue weighted by Crippen LogP contribution is -2.55. The Bertz CT molecular complexity index is 621. The summed E-state index contributed by atoms with van der Waals surface area (Å²) >= 11 is 0. The molecular weight excluding hydrogens is 294 g/mol. The monoisotopic (exact) mass is 313 g/mol. The summed E-state index contributed by atoms with van der Waals surface area (Å²) in [5.74, 6) is 0.0415. The van der Waals surface area contributed by atoms with Gasteiger partial charge in [0.25, 0.3) is 0 Å². The second-order valence-corrected chi connectivity index (χ2v) is 7.35. The molecule has 0 heterocycles. The summed E-state index contributed by atoms with van der Waals surface area (Å²) in [5.41, 5.74) is 4.96. The first-order valence-electron chi connectivity index (χ1n) is 6.57. The Hall–Kier alpha value is -1.60. The van der Waals surface area contributed by atoms with Crippen LogP contribution >= 0.6 is 0 Å². The molecule has 0 aromatic heterocycles. The highest BCUT2D eigenvalue weighted by Gasteiger charge is 2.49. The van der Waals surface area contributed by atoms with E-state index >= 15 is 0 Å². The van der Waals surface area contributed by atoms with Crippen LogP contribution in [-0.4, -0.2) is 39.9 Å². The molecule has 116 valence electrons. The van der Waals surface area contributed by atoms with Crippen LogP contribution in [0, 0.1) is 5.92 Å². The Kier molecular flexibility index (Phi) is 4.25. The highest BCUT2D eigenvalue weighted by molar-refractivity contribution is 7.90. The van der Waals surface area contributed by atoms with Crippen molar-refractivity contribution in [3.63, 3.8) is 0 Å². The number of methoxy groups -OCH3 is 1. The third-order valence-electron chi connectivity index (χ3n) is 3.60. The van der Waals surface area contributed by atoms with Crippen molar-refractivity contribution in [3.8, 4) is 5.75 Å². The molecule has 6 nitrogen and oxygen atoms in total. The SMILES string of the molecule is COC(=O)C(N)(COc1ccc(S(C)(=O)=O)cc1)C1CC1. The summed E-state index contributed by atoms with van der Waals surface area (Å²) in [7, 11) is -1.94. The van der Waals surface area contributed by atoms with Crippen LogP contribution in [-0.2, 0) is 19.4 Å². The predicted octanol–water partition coefficient (Wildman–Crippen LogP) is 0.749. The van der Waals surface area contributed by atoms with E-state index in [2.05, 4.69) is 0 Å². The minimum atomic E-state index is -3.24. The van der Waals surface area contributed by atoms with Gasteiger partial charge in [0.15, 0.2) is 15.4 Å². The van der Waals surface area contributed by atoms with Crippen molar-refractivity contribution >= 4 is 15.8 Å². The molecule has 1 aliphatic carbocycles. The van der Waals surface area contributed by atoms with Gasteiger partial charge in [-0.2, -0.15) is 0 Å². The summed E-state index contributed by atoms with van der Waals surface area (Å²) in [5, 5.41) is 0. The fourth-order valence-corrected chi connectivity index (χ4v) is 2.75. The smallest absolute Gasteiger partial charge is 0.329 e. The van der Waals surface area contributed by atoms with E-state index < -0.39 is 21.3 Å². The lowest BCUT2D eigenvalue weighted by molar-refractivity contribution is -0.149. The molecule has 0 radical (unpaired) electrons. The number of carbonyl (C=O) groups is 1. The van der Waals surface area contributed by atoms with E-state index in [1.165, 1.54) is 19.2 Å². The fourth-order valence-electron chi connectivity index (χ4n) is 2.12. The van der Waals surface area contributed by atoms with Gasteiger partial charge in [0.05, 0.1) is 12.0 Å². The number of esters is 1. The fraction of sp³-hybridized carbons (Fsp3) is 0.500. The number of hydrogen-bond donors (Lipinski definition) is 1. The van der Waals surface area contributed by atoms with Gasteiger partial charge in [-0.3, -0.25) is 0 Å². The van der Waals surface area contributed by atoms with Crippen LogP contribution in [0.25, 0.3) is 0 Å². The molecule has 0 aliphatic heterocycles. The minimum Gasteiger partial charge on any atom is -0.491 e. The van der Waals surface area contributed by atoms with E-state index in [-0.39, 0.29) is 17.4 Å². The van der Waals surface area contributed by atoms with Gasteiger partial charge >= 0.3 is 5.97 Å². The Morgan fingerprint density at radius 2 is 1.90 bits per heavy atom. The summed E-state index contributed by atoms with van der Waals surface area (Å²) < 4.78 is 33.0. The predicted molar refractivity (Wildman–Crippen MR) is 76.7 cm³/mol. The summed E-state index contributed by atoms with van der Waals surface area (Å²) in [4.78, 5) is 12.0. The van der Waals surface area contributed by atoms with Gasteiger partial charge in [-0.25, -0.2) is 13.2 Å². The van der Waals surface area contributed by atoms with E-state index in [4.69, 9.17) is 15.2 Å². The van der Waals surface area contributed by atoms with Gasteiger partial charge in [0, 0.05) is 6.26 Å². The van der Waals surface area contributed by atoms with Gasteiger partial charge in [0.1, 0.15) is 12.4 Å². The molecule has 1 atom stereocenters. The van der Waals surface area contributed by atoms with Gasteiger partial charge < -0.3 is 15.2 Å². The maximum absolute atomic E-state index is 11.8. The van der Waals surface area contributed by atoms with Gasteiger partial charge in [0.2, 0.25) is 0 Å². The van der Waals surface area contributed by atoms with Crippen molar-refractivity contribution in [2.45, 2.75) is 23.3 Å². The standard InChI is InChI=1S/C14H19NO5S/c1-19-13(16)14(15,10-3-4-10)9-20-11-5-7-12(8-6-11)21(2,17)18/h5-8,10H,3-4,9,15H2,1-2H3. The Balaban J connectivity index is 2.06. The summed E-state index contributed by atoms with van der Waals surface area (Å²) in [6, 6.07) is 6.00. The Morgan fingerprint density at radius 1 is 1.33 bits per heavy atom. The number of ether oxygens (including phenoxy) is 2. The Labute approximate surface area is 124 Å². The van der Waals surface area contributed by atoms with Crippen LogP contribution in [0.1, 0.15) is 12.8 Å². The zero-order valence-electron chi connectivity index (χ0n) is 12.0. The number of hydrogen-bond acceptors (Lipinski definition) is 6. The summed E-state index contributed by atoms with van der Waals surface area (Å²) in [6.07, 6.45) is 2.89. The zero-order chi connectivity index (χ0) is 15.7. The molecule has 2 rings (SSSR count). The van der Waals surface area contributed by atoms with E-state index in [0.717, 1.165) is 19.1 Å². The molecule has 1 saturated carbocycles. The molecule has 1 unspecified atom stereocenters. The van der Waals surface area contributed by atoms with Crippen molar-refractivity contribution in [2.75, 3.05) is 20.0 Å². The highest BCUT2D eigenvalue weighted by atomic mass is 32.2. The molecule has 21 heavy (non-hydrogen) atoms. The quantitative estimate of drug-likeness (QED) is 0.779. The largest absolute Gasteiger partial charge is 0.491 e. The minimum absolute atomic E-state index is 0.00254. The first-order chi connectivity index (χ1) is 9.77. The molecule has 1 aliphatic rings. The van der Waals surface area contributed by atoms with Crippen molar-refractivity contribution in [1.82, 2.24) is 0 Å². The van der Waals surface area contributed by atoms with Crippen molar-refractivity contribution in [1.29, 1.82) is 0 Å². The van der Waals surface area contributed by atoms with Gasteiger partial charge in [-0.1, -0.05) is 0 Å². The van der Waals surface area contributed by atoms with Crippen LogP contribution in [0.15, 0.2) is 29.2 Å². The molecule has 0 bridgehead atoms. The lowest BCUT2D eigenvalue weighted by atomic mass is 9.96. The second kappa shape index (κ2) is 5.65. The molecular formula is C14H19NO5S. The first kappa shape index (κ1) is 15.8. The van der Waals surface area contributed by atoms with Crippen LogP contribution in [0.4, 0.5) is 0 Å². The van der Waals surface area contributed by atoms with Crippen molar-refractivity contribution < 1.29 is 22.7 Å². The number of sulfone groups is 1. The normalized spacial score (nSPS) is 17.9. The lowest BCUT2D eigenvalue weighted by Gasteiger charge is -2.26. The van der Waals surface area contributed by atoms with E-state index in [9.17, 15) is 13.2 Å². The van der Waals surface area contributed by atoms with Crippen LogP contribution < -0.4 is 10.5 Å². The summed E-state index contributed by atoms with van der Waals surface area (Å²) in [6.45, 7) is 0.00254. The number of nitrogens with two attached hydrogens (primary N) is 1. The molecule has 1 aromatic carbocycles. The molecule has 0 amide bonds. The van der Waals surface area contributed by atoms with E-state index in [1.807, 2.05) is 0 Å². The van der Waals surface area contributed by atoms with E-state index in [0.29, 0.717) is 5.75 Å². The maximum atomic E-state index is 11.8. The van der Waals surface area contributed by atoms with E-state index in [1.54, 1.807) is 12.1 Å². The number of rotatable bonds is 6. The first-order valence-corrected chi connectivity index (χ1v) is 8.47. The van der Waals surface area contributed by atoms with Crippen LogP contribution in [0.2, 0.25) is 0 Å². The third-order valence-corrected chi connectivity index (χ3v) is 4.73. The van der Waals surface area contributed by atoms with Gasteiger partial charge in [-0.15, -0.1) is 0 Å². The van der Waals surface area contributed by atoms with Crippen molar-refractivity contribution in [3.05, 3.63) is 24.3 Å². The maximum Gasteiger partial charge on any atom is 0.329 e. The average Bonchev–Trinajstić information content (AvgIpc) is 3.28. The van der Waals surface area contributed by atoms with Crippen LogP contribution in [0.5, 0.6) is 5.75 Å². The van der Waals surface area contributed by atoms with Crippen molar-refractivity contribution in [2.24, 2.45) is 11.7 Å². The Morgan fingerprint density at radius 3 is 2.33 bits per heavy atom. The topological polar surface area (TPSA) is 95.7 Å². The third kappa shape index (κ3) is 3.54. The molecule has 2 N–H and O–H groups in total. The molecule has 0 spiro atoms. The molecule has 7 heteroatoms. The van der Waals surface area contributed by atoms with Crippen LogP contribution in [0.3, 0.4) is 0 Å². The molecule has 1 aromatic rings. The van der Waals surface area contributed by atoms with Gasteiger partial charge in [-0.05, 0) is 43.0 Å². The molecule has 0 saturated heterocycles. The second-order valence-electron chi connectivity index (χ2n) is 5.34. The zero-order valence-corrected chi connectivity index (χ0v) is 12.9. The highest BCUT2D eigenvalue weighted by Crippen LogP contribution is 2.39.